The van der Waals surface area contributed by atoms with Gasteiger partial charge in [-0.15, -0.1) is 0 Å². The molecule has 6 nitrogen and oxygen atoms in total. The Bertz CT molecular complexity index is 636. The van der Waals surface area contributed by atoms with Crippen LogP contribution in [0.25, 0.3) is 5.65 Å². The van der Waals surface area contributed by atoms with Crippen LogP contribution in [0, 0.1) is 0 Å². The van der Waals surface area contributed by atoms with Crippen molar-refractivity contribution < 1.29 is 4.79 Å². The number of aryl methyl sites for hydroxylation is 1. The molecule has 0 spiro atoms. The average Bonchev–Trinajstić information content (AvgIpc) is 3.05. The fourth-order valence-electron chi connectivity index (χ4n) is 2.73. The second kappa shape index (κ2) is 5.11. The third-order valence-electron chi connectivity index (χ3n) is 3.68. The summed E-state index contributed by atoms with van der Waals surface area (Å²) >= 11 is 0. The summed E-state index contributed by atoms with van der Waals surface area (Å²) in [6.45, 7) is 5.41. The summed E-state index contributed by atoms with van der Waals surface area (Å²) in [5, 5.41) is 7.34. The lowest BCUT2D eigenvalue weighted by Crippen LogP contribution is -2.36. The van der Waals surface area contributed by atoms with Gasteiger partial charge in [0, 0.05) is 43.9 Å². The molecule has 1 atom stereocenters. The monoisotopic (exact) mass is 273 g/mol. The number of hydrogen-bond acceptors (Lipinski definition) is 4. The van der Waals surface area contributed by atoms with Crippen LogP contribution >= 0.6 is 0 Å². The molecule has 1 aliphatic heterocycles. The van der Waals surface area contributed by atoms with Gasteiger partial charge in [-0.05, 0) is 12.8 Å². The van der Waals surface area contributed by atoms with E-state index in [2.05, 4.69) is 33.3 Å². The Kier molecular flexibility index (Phi) is 3.30. The van der Waals surface area contributed by atoms with Crippen molar-refractivity contribution in [1.82, 2.24) is 19.9 Å². The van der Waals surface area contributed by atoms with Gasteiger partial charge in [-0.25, -0.2) is 4.98 Å². The van der Waals surface area contributed by atoms with E-state index in [9.17, 15) is 4.79 Å². The van der Waals surface area contributed by atoms with Crippen LogP contribution < -0.4 is 10.2 Å². The summed E-state index contributed by atoms with van der Waals surface area (Å²) < 4.78 is 1.87. The minimum atomic E-state index is 0.0325. The molecule has 1 unspecified atom stereocenters. The van der Waals surface area contributed by atoms with Gasteiger partial charge in [0.2, 0.25) is 5.91 Å². The summed E-state index contributed by atoms with van der Waals surface area (Å²) in [4.78, 5) is 18.0. The van der Waals surface area contributed by atoms with Crippen LogP contribution in [-0.4, -0.2) is 39.6 Å². The van der Waals surface area contributed by atoms with Crippen LogP contribution in [0.1, 0.15) is 26.0 Å². The van der Waals surface area contributed by atoms with Crippen LogP contribution in [0.15, 0.2) is 18.3 Å². The van der Waals surface area contributed by atoms with Crippen molar-refractivity contribution in [2.45, 2.75) is 32.7 Å². The first-order valence-electron chi connectivity index (χ1n) is 7.03. The number of carbonyl (C=O) groups is 1. The normalized spacial score (nSPS) is 18.7. The Morgan fingerprint density at radius 2 is 2.40 bits per heavy atom. The lowest BCUT2D eigenvalue weighted by molar-refractivity contribution is -0.119. The van der Waals surface area contributed by atoms with Gasteiger partial charge < -0.3 is 10.2 Å². The number of fused-ring (bicyclic) bond motifs is 1. The first-order chi connectivity index (χ1) is 9.67. The molecule has 2 aromatic rings. The topological polar surface area (TPSA) is 62.5 Å². The standard InChI is InChI=1S/C14H19N5O/c1-3-11-8-14(19-13(17-11)4-6-15-19)18-7-5-12(9-18)16-10(2)20/h4,6,8,12H,3,5,7,9H2,1-2H3,(H,16,20). The Morgan fingerprint density at radius 3 is 3.15 bits per heavy atom. The Balaban J connectivity index is 1.90. The largest absolute Gasteiger partial charge is 0.354 e. The van der Waals surface area contributed by atoms with Gasteiger partial charge in [0.1, 0.15) is 5.82 Å². The molecule has 0 aliphatic carbocycles. The van der Waals surface area contributed by atoms with E-state index in [1.165, 1.54) is 0 Å². The molecular weight excluding hydrogens is 254 g/mol. The zero-order valence-corrected chi connectivity index (χ0v) is 11.8. The molecule has 1 fully saturated rings. The van der Waals surface area contributed by atoms with Gasteiger partial charge in [-0.2, -0.15) is 9.61 Å². The maximum absolute atomic E-state index is 11.2. The molecule has 0 saturated carbocycles. The Labute approximate surface area is 117 Å². The number of nitrogens with zero attached hydrogens (tertiary/aromatic N) is 4. The van der Waals surface area contributed by atoms with Crippen molar-refractivity contribution in [3.63, 3.8) is 0 Å². The second-order valence-corrected chi connectivity index (χ2v) is 5.19. The minimum absolute atomic E-state index is 0.0325. The number of rotatable bonds is 3. The molecular formula is C14H19N5O. The summed E-state index contributed by atoms with van der Waals surface area (Å²) in [5.74, 6) is 1.09. The number of aromatic nitrogens is 3. The average molecular weight is 273 g/mol. The second-order valence-electron chi connectivity index (χ2n) is 5.19. The SMILES string of the molecule is CCc1cc(N2CCC(NC(C)=O)C2)n2nccc2n1. The van der Waals surface area contributed by atoms with E-state index in [0.717, 1.165) is 43.1 Å². The fraction of sp³-hybridized carbons (Fsp3) is 0.500. The predicted octanol–water partition coefficient (Wildman–Crippen LogP) is 1.01. The number of hydrogen-bond donors (Lipinski definition) is 1. The third-order valence-corrected chi connectivity index (χ3v) is 3.68. The molecule has 1 saturated heterocycles. The van der Waals surface area contributed by atoms with E-state index in [1.807, 2.05) is 10.6 Å². The van der Waals surface area contributed by atoms with Crippen molar-refractivity contribution in [1.29, 1.82) is 0 Å². The van der Waals surface area contributed by atoms with Gasteiger partial charge in [-0.1, -0.05) is 6.92 Å². The molecule has 20 heavy (non-hydrogen) atoms. The van der Waals surface area contributed by atoms with Crippen molar-refractivity contribution in [3.8, 4) is 0 Å². The van der Waals surface area contributed by atoms with Crippen LogP contribution in [0.3, 0.4) is 0 Å². The lowest BCUT2D eigenvalue weighted by Gasteiger charge is -2.20. The molecule has 106 valence electrons. The Hall–Kier alpha value is -2.11. The molecule has 0 bridgehead atoms. The molecule has 2 aromatic heterocycles. The van der Waals surface area contributed by atoms with E-state index in [4.69, 9.17) is 0 Å². The van der Waals surface area contributed by atoms with Gasteiger partial charge in [0.05, 0.1) is 6.20 Å². The first-order valence-corrected chi connectivity index (χ1v) is 7.03. The maximum atomic E-state index is 11.2. The molecule has 0 aromatic carbocycles. The van der Waals surface area contributed by atoms with Gasteiger partial charge in [0.25, 0.3) is 0 Å². The van der Waals surface area contributed by atoms with Crippen molar-refractivity contribution in [2.24, 2.45) is 0 Å². The minimum Gasteiger partial charge on any atom is -0.354 e. The highest BCUT2D eigenvalue weighted by molar-refractivity contribution is 5.73. The van der Waals surface area contributed by atoms with Crippen molar-refractivity contribution in [2.75, 3.05) is 18.0 Å². The van der Waals surface area contributed by atoms with Crippen LogP contribution in [-0.2, 0) is 11.2 Å². The molecule has 0 radical (unpaired) electrons. The zero-order chi connectivity index (χ0) is 14.1. The lowest BCUT2D eigenvalue weighted by atomic mass is 10.2. The molecule has 1 aliphatic rings. The number of amides is 1. The smallest absolute Gasteiger partial charge is 0.217 e. The molecule has 1 N–H and O–H groups in total. The van der Waals surface area contributed by atoms with Crippen molar-refractivity contribution in [3.05, 3.63) is 24.0 Å². The molecule has 3 heterocycles. The highest BCUT2D eigenvalue weighted by atomic mass is 16.1. The summed E-state index contributed by atoms with van der Waals surface area (Å²) in [6, 6.07) is 4.23. The summed E-state index contributed by atoms with van der Waals surface area (Å²) in [7, 11) is 0. The van der Waals surface area contributed by atoms with Gasteiger partial charge in [0.15, 0.2) is 5.65 Å². The summed E-state index contributed by atoms with van der Waals surface area (Å²) in [5.41, 5.74) is 1.94. The molecule has 1 amide bonds. The zero-order valence-electron chi connectivity index (χ0n) is 11.8. The summed E-state index contributed by atoms with van der Waals surface area (Å²) in [6.07, 6.45) is 3.64. The first kappa shape index (κ1) is 12.9. The van der Waals surface area contributed by atoms with Crippen LogP contribution in [0.2, 0.25) is 0 Å². The van der Waals surface area contributed by atoms with Crippen molar-refractivity contribution >= 4 is 17.4 Å². The van der Waals surface area contributed by atoms with E-state index >= 15 is 0 Å². The Morgan fingerprint density at radius 1 is 1.55 bits per heavy atom. The van der Waals surface area contributed by atoms with Crippen LogP contribution in [0.4, 0.5) is 5.82 Å². The molecule has 6 heteroatoms. The maximum Gasteiger partial charge on any atom is 0.217 e. The fourth-order valence-corrected chi connectivity index (χ4v) is 2.73. The highest BCUT2D eigenvalue weighted by Gasteiger charge is 2.25. The van der Waals surface area contributed by atoms with Gasteiger partial charge >= 0.3 is 0 Å². The number of carbonyl (C=O) groups excluding carboxylic acids is 1. The van der Waals surface area contributed by atoms with E-state index in [-0.39, 0.29) is 11.9 Å². The third kappa shape index (κ3) is 2.33. The van der Waals surface area contributed by atoms with E-state index < -0.39 is 0 Å². The molecule has 3 rings (SSSR count). The van der Waals surface area contributed by atoms with E-state index in [0.29, 0.717) is 0 Å². The number of anilines is 1. The number of nitrogens with one attached hydrogen (secondary N) is 1. The predicted molar refractivity (Wildman–Crippen MR) is 76.8 cm³/mol. The quantitative estimate of drug-likeness (QED) is 0.906. The van der Waals surface area contributed by atoms with Gasteiger partial charge in [-0.3, -0.25) is 4.79 Å². The highest BCUT2D eigenvalue weighted by Crippen LogP contribution is 2.22. The van der Waals surface area contributed by atoms with E-state index in [1.54, 1.807) is 13.1 Å². The van der Waals surface area contributed by atoms with Crippen LogP contribution in [0.5, 0.6) is 0 Å².